The number of imidazole rings is 1. The highest BCUT2D eigenvalue weighted by Gasteiger charge is 2.40. The molecule has 0 saturated carbocycles. The SMILES string of the molecule is CCN(C)Cc1c(OC)nc2ccc(C(O)(c3ccnc(C(F)(F)F)c3)c3cncn3C)cc2c1Cl. The van der Waals surface area contributed by atoms with Gasteiger partial charge >= 0.3 is 6.18 Å². The fourth-order valence-corrected chi connectivity index (χ4v) is 4.43. The number of methoxy groups -OCH3 is 1. The molecular weight excluding hydrogens is 495 g/mol. The molecule has 0 bridgehead atoms. The molecule has 1 unspecified atom stereocenters. The second-order valence-electron chi connectivity index (χ2n) is 8.50. The van der Waals surface area contributed by atoms with Crippen molar-refractivity contribution in [1.82, 2.24) is 24.4 Å². The Morgan fingerprint density at radius 1 is 1.17 bits per heavy atom. The predicted octanol–water partition coefficient (Wildman–Crippen LogP) is 4.78. The van der Waals surface area contributed by atoms with Crippen LogP contribution in [0, 0.1) is 0 Å². The zero-order valence-corrected chi connectivity index (χ0v) is 20.9. The highest BCUT2D eigenvalue weighted by molar-refractivity contribution is 6.36. The number of ether oxygens (including phenoxy) is 1. The van der Waals surface area contributed by atoms with Gasteiger partial charge in [-0.3, -0.25) is 4.98 Å². The molecule has 4 rings (SSSR count). The molecule has 1 atom stereocenters. The van der Waals surface area contributed by atoms with E-state index in [2.05, 4.69) is 15.0 Å². The standard InChI is InChI=1S/C25H25ClF3N5O2/c1-5-33(2)13-18-22(26)17-10-15(6-7-19(17)32-23(18)36-4)24(35,21-12-30-14-34(21)3)16-8-9-31-20(11-16)25(27,28)29/h6-12,14,35H,5,13H2,1-4H3. The van der Waals surface area contributed by atoms with Crippen LogP contribution < -0.4 is 4.74 Å². The Morgan fingerprint density at radius 2 is 1.89 bits per heavy atom. The van der Waals surface area contributed by atoms with Crippen LogP contribution in [-0.4, -0.2) is 50.2 Å². The summed E-state index contributed by atoms with van der Waals surface area (Å²) in [7, 11) is 5.09. The highest BCUT2D eigenvalue weighted by atomic mass is 35.5. The Kier molecular flexibility index (Phi) is 6.96. The average Bonchev–Trinajstić information content (AvgIpc) is 3.30. The summed E-state index contributed by atoms with van der Waals surface area (Å²) >= 11 is 6.83. The van der Waals surface area contributed by atoms with Crippen LogP contribution in [0.25, 0.3) is 10.9 Å². The molecule has 1 N–H and O–H groups in total. The zero-order chi connectivity index (χ0) is 26.3. The summed E-state index contributed by atoms with van der Waals surface area (Å²) < 4.78 is 47.5. The number of pyridine rings is 2. The minimum absolute atomic E-state index is 0.0173. The van der Waals surface area contributed by atoms with Gasteiger partial charge in [0.25, 0.3) is 0 Å². The maximum Gasteiger partial charge on any atom is 0.433 e. The number of nitrogens with zero attached hydrogens (tertiary/aromatic N) is 5. The van der Waals surface area contributed by atoms with Crippen LogP contribution in [-0.2, 0) is 25.4 Å². The van der Waals surface area contributed by atoms with Crippen molar-refractivity contribution in [3.8, 4) is 5.88 Å². The Balaban J connectivity index is 1.99. The first-order valence-corrected chi connectivity index (χ1v) is 11.5. The molecule has 7 nitrogen and oxygen atoms in total. The predicted molar refractivity (Wildman–Crippen MR) is 130 cm³/mol. The fourth-order valence-electron chi connectivity index (χ4n) is 4.13. The molecule has 1 aromatic carbocycles. The molecule has 0 spiro atoms. The molecule has 0 aliphatic rings. The van der Waals surface area contributed by atoms with Gasteiger partial charge in [0.05, 0.1) is 35.9 Å². The quantitative estimate of drug-likeness (QED) is 0.379. The first-order valence-electron chi connectivity index (χ1n) is 11.1. The van der Waals surface area contributed by atoms with Gasteiger partial charge in [-0.15, -0.1) is 0 Å². The number of rotatable bonds is 7. The number of halogens is 4. The van der Waals surface area contributed by atoms with Gasteiger partial charge in [-0.25, -0.2) is 9.97 Å². The fraction of sp³-hybridized carbons (Fsp3) is 0.320. The van der Waals surface area contributed by atoms with Crippen LogP contribution >= 0.6 is 11.6 Å². The van der Waals surface area contributed by atoms with Crippen molar-refractivity contribution in [1.29, 1.82) is 0 Å². The van der Waals surface area contributed by atoms with E-state index in [9.17, 15) is 18.3 Å². The number of fused-ring (bicyclic) bond motifs is 1. The summed E-state index contributed by atoms with van der Waals surface area (Å²) in [6, 6.07) is 7.08. The van der Waals surface area contributed by atoms with Gasteiger partial charge in [0.1, 0.15) is 5.69 Å². The molecule has 3 aromatic heterocycles. The van der Waals surface area contributed by atoms with Crippen molar-refractivity contribution in [2.45, 2.75) is 25.2 Å². The molecule has 0 saturated heterocycles. The maximum absolute atomic E-state index is 13.5. The first kappa shape index (κ1) is 25.9. The van der Waals surface area contributed by atoms with Gasteiger partial charge in [0, 0.05) is 30.7 Å². The lowest BCUT2D eigenvalue weighted by Crippen LogP contribution is -2.31. The number of benzene rings is 1. The van der Waals surface area contributed by atoms with Gasteiger partial charge < -0.3 is 19.3 Å². The molecule has 0 fully saturated rings. The Hall–Kier alpha value is -3.21. The zero-order valence-electron chi connectivity index (χ0n) is 20.1. The molecule has 0 aliphatic heterocycles. The van der Waals surface area contributed by atoms with Crippen molar-refractivity contribution in [2.75, 3.05) is 20.7 Å². The van der Waals surface area contributed by atoms with Crippen LogP contribution in [0.3, 0.4) is 0 Å². The van der Waals surface area contributed by atoms with Crippen LogP contribution in [0.2, 0.25) is 5.02 Å². The average molecular weight is 520 g/mol. The van der Waals surface area contributed by atoms with Crippen molar-refractivity contribution in [2.24, 2.45) is 7.05 Å². The molecule has 11 heteroatoms. The second kappa shape index (κ2) is 9.68. The normalized spacial score (nSPS) is 13.8. The number of aryl methyl sites for hydroxylation is 1. The Bertz CT molecular complexity index is 1410. The van der Waals surface area contributed by atoms with E-state index in [1.54, 1.807) is 29.8 Å². The number of alkyl halides is 3. The third kappa shape index (κ3) is 4.52. The summed E-state index contributed by atoms with van der Waals surface area (Å²) in [5, 5.41) is 13.1. The van der Waals surface area contributed by atoms with E-state index in [1.807, 2.05) is 18.9 Å². The molecule has 4 aromatic rings. The number of aliphatic hydroxyl groups is 1. The lowest BCUT2D eigenvalue weighted by molar-refractivity contribution is -0.141. The van der Waals surface area contributed by atoms with Crippen LogP contribution in [0.4, 0.5) is 13.2 Å². The summed E-state index contributed by atoms with van der Waals surface area (Å²) in [5.74, 6) is 0.381. The van der Waals surface area contributed by atoms with E-state index < -0.39 is 17.5 Å². The van der Waals surface area contributed by atoms with Crippen molar-refractivity contribution < 1.29 is 23.0 Å². The van der Waals surface area contributed by atoms with Gasteiger partial charge in [-0.05, 0) is 49.0 Å². The Morgan fingerprint density at radius 3 is 2.50 bits per heavy atom. The Labute approximate surface area is 211 Å². The molecule has 0 radical (unpaired) electrons. The number of hydrogen-bond donors (Lipinski definition) is 1. The first-order chi connectivity index (χ1) is 17.0. The summed E-state index contributed by atoms with van der Waals surface area (Å²) in [6.07, 6.45) is -0.784. The minimum atomic E-state index is -4.68. The van der Waals surface area contributed by atoms with Gasteiger partial charge in [-0.2, -0.15) is 13.2 Å². The maximum atomic E-state index is 13.5. The van der Waals surface area contributed by atoms with Gasteiger partial charge in [0.2, 0.25) is 5.88 Å². The topological polar surface area (TPSA) is 76.3 Å². The smallest absolute Gasteiger partial charge is 0.433 e. The van der Waals surface area contributed by atoms with E-state index in [4.69, 9.17) is 16.3 Å². The van der Waals surface area contributed by atoms with Crippen molar-refractivity contribution in [3.63, 3.8) is 0 Å². The lowest BCUT2D eigenvalue weighted by Gasteiger charge is -2.30. The van der Waals surface area contributed by atoms with E-state index in [-0.39, 0.29) is 11.3 Å². The van der Waals surface area contributed by atoms with Crippen molar-refractivity contribution >= 4 is 22.5 Å². The molecule has 0 amide bonds. The van der Waals surface area contributed by atoms with Gasteiger partial charge in [-0.1, -0.05) is 24.6 Å². The molecule has 190 valence electrons. The third-order valence-electron chi connectivity index (χ3n) is 6.21. The summed E-state index contributed by atoms with van der Waals surface area (Å²) in [6.45, 7) is 3.24. The molecule has 0 aliphatic carbocycles. The monoisotopic (exact) mass is 519 g/mol. The summed E-state index contributed by atoms with van der Waals surface area (Å²) in [5.41, 5.74) is -1.38. The highest BCUT2D eigenvalue weighted by Crippen LogP contribution is 2.41. The van der Waals surface area contributed by atoms with E-state index in [0.29, 0.717) is 39.5 Å². The molecule has 3 heterocycles. The second-order valence-corrected chi connectivity index (χ2v) is 8.88. The van der Waals surface area contributed by atoms with E-state index in [1.165, 1.54) is 25.7 Å². The number of hydrogen-bond acceptors (Lipinski definition) is 6. The van der Waals surface area contributed by atoms with E-state index >= 15 is 0 Å². The van der Waals surface area contributed by atoms with Gasteiger partial charge in [0.15, 0.2) is 5.60 Å². The van der Waals surface area contributed by atoms with Crippen LogP contribution in [0.15, 0.2) is 49.1 Å². The lowest BCUT2D eigenvalue weighted by atomic mass is 9.83. The molecular formula is C25H25ClF3N5O2. The van der Waals surface area contributed by atoms with Crippen molar-refractivity contribution in [3.05, 3.63) is 82.2 Å². The van der Waals surface area contributed by atoms with Crippen LogP contribution in [0.5, 0.6) is 5.88 Å². The number of aromatic nitrogens is 4. The van der Waals surface area contributed by atoms with E-state index in [0.717, 1.165) is 18.8 Å². The van der Waals surface area contributed by atoms with Crippen LogP contribution in [0.1, 0.15) is 35.0 Å². The molecule has 36 heavy (non-hydrogen) atoms. The summed E-state index contributed by atoms with van der Waals surface area (Å²) in [4.78, 5) is 14.1. The minimum Gasteiger partial charge on any atom is -0.481 e. The third-order valence-corrected chi connectivity index (χ3v) is 6.64. The largest absolute Gasteiger partial charge is 0.481 e.